The van der Waals surface area contributed by atoms with E-state index in [4.69, 9.17) is 22.1 Å². The Kier molecular flexibility index (Phi) is 8.84. The van der Waals surface area contributed by atoms with E-state index in [9.17, 15) is 43.9 Å². The van der Waals surface area contributed by atoms with Crippen LogP contribution in [0.5, 0.6) is 11.5 Å². The zero-order valence-electron chi connectivity index (χ0n) is 97.9. The smallest absolute Gasteiger partial charge is 0.269 e. The van der Waals surface area contributed by atoms with Gasteiger partial charge in [0.1, 0.15) is 17.3 Å². The van der Waals surface area contributed by atoms with Crippen LogP contribution in [0.3, 0.4) is 0 Å². The maximum Gasteiger partial charge on any atom is 0.269 e. The fourth-order valence-corrected chi connectivity index (χ4v) is 21.8. The van der Waals surface area contributed by atoms with Crippen molar-refractivity contribution in [2.24, 2.45) is 0 Å². The van der Waals surface area contributed by atoms with Crippen LogP contribution in [0, 0.1) is 13.2 Å². The van der Waals surface area contributed by atoms with Gasteiger partial charge in [0.15, 0.2) is 16.1 Å². The summed E-state index contributed by atoms with van der Waals surface area (Å²) in [5, 5.41) is -8.52. The highest BCUT2D eigenvalue weighted by atomic mass is 28.3. The molecule has 1 aliphatic carbocycles. The number of rotatable bonds is 16. The molecule has 0 atom stereocenters. The Morgan fingerprint density at radius 2 is 0.896 bits per heavy atom. The molecular formula is C99H80N4OSi2. The van der Waals surface area contributed by atoms with Gasteiger partial charge in [-0.1, -0.05) is 342 Å². The Bertz CT molecular complexity index is 7900. The molecule has 3 aromatic heterocycles. The Hall–Kier alpha value is -12.3. The lowest BCUT2D eigenvalue weighted by Crippen LogP contribution is -2.74. The van der Waals surface area contributed by atoms with Crippen molar-refractivity contribution in [3.8, 4) is 62.1 Å². The van der Waals surface area contributed by atoms with Crippen molar-refractivity contribution in [2.45, 2.75) is 58.2 Å². The molecule has 0 spiro atoms. The fraction of sp³-hybridized carbons (Fsp3) is 0.0909. The largest absolute Gasteiger partial charge is 0.458 e. The third kappa shape index (κ3) is 11.2. The lowest BCUT2D eigenvalue weighted by molar-refractivity contribution is -0.571. The third-order valence-electron chi connectivity index (χ3n) is 19.9. The SMILES string of the molecule is [2H]c1c([2H])c([2H])c([Si](c2c([2H])c([2H])c([2H])c([2H])c2[2H])(c2c([2H])c([2H])c([2H])c([2H])c2[2H])c2c([2H])c([2H])c([2H])c(-c3cccc(-c4c([2H])c([2H])c([2H])c([Si](c5c([2H])c([2H])c([2H])c([2H])c5[2H])(c5c([2H])c([2H])c([2H])c([2H])c5[2H])c5c([2H])c([2H])c([2H])c([2H])c5[2H])c4[2H])c3-[n+]3[c-]n(-c4cccc(Oc5ccc6c7ccccc7n(-c7cc(C([2H])([2H])[2H])c(-c8ccc9c(c8)C(C)(C)CCC9(C)C)cn7)c6c5)c4)c4ccccc43)c2[2H])c([2H])c1[2H]. The second kappa shape index (κ2) is 26.8. The monoisotopic (exact) mass is 1440 g/mol. The lowest BCUT2D eigenvalue weighted by Gasteiger charge is -2.42. The van der Waals surface area contributed by atoms with Gasteiger partial charge in [0.25, 0.3) is 6.33 Å². The van der Waals surface area contributed by atoms with Gasteiger partial charge >= 0.3 is 0 Å². The molecule has 5 nitrogen and oxygen atoms in total. The van der Waals surface area contributed by atoms with E-state index >= 15 is 0 Å². The maximum absolute atomic E-state index is 11.3. The van der Waals surface area contributed by atoms with E-state index in [2.05, 4.69) is 46.2 Å². The number of imidazole rings is 1. The Morgan fingerprint density at radius 1 is 0.415 bits per heavy atom. The van der Waals surface area contributed by atoms with Crippen LogP contribution in [0.15, 0.2) is 369 Å². The van der Waals surface area contributed by atoms with Crippen LogP contribution < -0.4 is 50.8 Å². The van der Waals surface area contributed by atoms with Gasteiger partial charge in [0.2, 0.25) is 0 Å². The van der Waals surface area contributed by atoms with Crippen molar-refractivity contribution in [3.05, 3.63) is 392 Å². The summed E-state index contributed by atoms with van der Waals surface area (Å²) < 4.78 is 409. The molecule has 0 unspecified atom stereocenters. The minimum Gasteiger partial charge on any atom is -0.458 e. The van der Waals surface area contributed by atoms with E-state index in [1.54, 1.807) is 60.8 Å². The molecule has 0 radical (unpaired) electrons. The molecule has 106 heavy (non-hydrogen) atoms. The highest BCUT2D eigenvalue weighted by Gasteiger charge is 2.44. The van der Waals surface area contributed by atoms with Crippen molar-refractivity contribution < 1.29 is 65.5 Å². The summed E-state index contributed by atoms with van der Waals surface area (Å²) in [4.78, 5) is 5.03. The van der Waals surface area contributed by atoms with Crippen molar-refractivity contribution in [1.29, 1.82) is 0 Å². The van der Waals surface area contributed by atoms with Crippen LogP contribution in [-0.2, 0) is 10.8 Å². The molecule has 0 saturated carbocycles. The summed E-state index contributed by atoms with van der Waals surface area (Å²) in [6.45, 7) is 6.08. The van der Waals surface area contributed by atoms with E-state index < -0.39 is 322 Å². The molecule has 0 N–H and O–H groups in total. The minimum atomic E-state index is -6.75. The normalized spacial score (nSPS) is 19.0. The molecule has 17 aromatic rings. The van der Waals surface area contributed by atoms with Crippen LogP contribution in [0.25, 0.3) is 83.4 Å². The first-order valence-electron chi connectivity index (χ1n) is 54.2. The molecule has 1 aliphatic rings. The second-order valence-corrected chi connectivity index (χ2v) is 33.7. The van der Waals surface area contributed by atoms with Crippen LogP contribution in [0.1, 0.15) is 113 Å². The van der Waals surface area contributed by atoms with Gasteiger partial charge in [0.05, 0.1) is 85.5 Å². The summed E-state index contributed by atoms with van der Waals surface area (Å²) in [7, 11) is -13.5. The van der Waals surface area contributed by atoms with Crippen LogP contribution in [-0.4, -0.2) is 30.3 Å². The summed E-state index contributed by atoms with van der Waals surface area (Å²) in [6, 6.07) is -13.6. The number of para-hydroxylation sites is 4. The quantitative estimate of drug-likeness (QED) is 0.0418. The van der Waals surface area contributed by atoms with Gasteiger partial charge in [-0.2, -0.15) is 0 Å². The fourth-order valence-electron chi connectivity index (χ4n) is 14.7. The average molecular weight is 1440 g/mol. The molecule has 18 rings (SSSR count). The van der Waals surface area contributed by atoms with E-state index in [-0.39, 0.29) is 50.4 Å². The van der Waals surface area contributed by atoms with Gasteiger partial charge in [-0.05, 0) is 159 Å². The number of nitrogens with zero attached hydrogens (tertiary/aromatic N) is 4. The Morgan fingerprint density at radius 3 is 1.44 bits per heavy atom. The van der Waals surface area contributed by atoms with Gasteiger partial charge in [0, 0.05) is 32.7 Å². The zero-order chi connectivity index (χ0) is 107. The molecular weight excluding hydrogens is 1320 g/mol. The summed E-state index contributed by atoms with van der Waals surface area (Å²) in [5.41, 5.74) is 0.234. The van der Waals surface area contributed by atoms with Crippen molar-refractivity contribution in [2.75, 3.05) is 0 Å². The topological polar surface area (TPSA) is 35.9 Å². The van der Waals surface area contributed by atoms with Crippen molar-refractivity contribution in [3.63, 3.8) is 0 Å². The van der Waals surface area contributed by atoms with Crippen LogP contribution in [0.4, 0.5) is 0 Å². The predicted molar refractivity (Wildman–Crippen MR) is 446 cm³/mol. The van der Waals surface area contributed by atoms with E-state index in [1.807, 2.05) is 41.0 Å². The first-order chi connectivity index (χ1) is 68.9. The van der Waals surface area contributed by atoms with E-state index in [0.29, 0.717) is 27.5 Å². The van der Waals surface area contributed by atoms with Gasteiger partial charge in [-0.25, -0.2) is 4.98 Å². The molecule has 3 heterocycles. The molecule has 0 fully saturated rings. The maximum atomic E-state index is 11.3. The number of pyridine rings is 1. The van der Waals surface area contributed by atoms with Gasteiger partial charge in [-0.15, -0.1) is 0 Å². The summed E-state index contributed by atoms with van der Waals surface area (Å²) >= 11 is 0. The predicted octanol–water partition coefficient (Wildman–Crippen LogP) is 18.4. The third-order valence-corrected chi connectivity index (χ3v) is 27.9. The van der Waals surface area contributed by atoms with Gasteiger partial charge < -0.3 is 4.74 Å². The second-order valence-electron chi connectivity index (χ2n) is 26.7. The lowest BCUT2D eigenvalue weighted by atomic mass is 9.63. The number of hydrogen-bond acceptors (Lipinski definition) is 2. The standard InChI is InChI=1S/C99H80N4OSi2/c1-70-62-96(100-68-89(70)73-56-59-90-91(65-73)99(4,5)61-60-98(90,2)3)103-92-53-25-24-50-87(92)88-58-57-76(67-95(88)103)104-75-35-30-34-74(66-75)101-69-102(94-55-27-26-54-93(94)101)97-85(71-32-28-48-83(63-71)105(77-36-12-6-13-37-77,78-38-14-7-15-39-78)79-40-16-8-17-41-79)51-31-52-86(97)72-33-29-49-84(64-72)106(80-42-18-9-19-43-80,81-44-20-10-21-45-81)82-46-22-11-23-47-82/h6-59,62-68H,60-61H2,1-5H3/i1D3,6D,7D,8D,9D,10D,11D,12D,13D,14D,15D,16D,17D,18D,19D,20D,21D,22D,23D,28D,29D,32D,33D,36D,37D,38D,39D,40D,41D,42D,43D,44D,45D,46D,47D,48D,49D,63D,64D. The van der Waals surface area contributed by atoms with E-state index in [1.165, 1.54) is 22.3 Å². The molecule has 0 amide bonds. The number of hydrogen-bond donors (Lipinski definition) is 0. The van der Waals surface area contributed by atoms with Crippen LogP contribution in [0.2, 0.25) is 0 Å². The molecule has 510 valence electrons. The minimum absolute atomic E-state index is 0.0334. The Labute approximate surface area is 680 Å². The number of ether oxygens (including phenoxy) is 1. The zero-order valence-corrected chi connectivity index (χ0v) is 58.9. The number of fused-ring (bicyclic) bond motifs is 5. The highest BCUT2D eigenvalue weighted by Crippen LogP contribution is 2.47. The first-order valence-corrected chi connectivity index (χ1v) is 37.7. The molecule has 14 aromatic carbocycles. The molecule has 0 aliphatic heterocycles. The number of aromatic nitrogens is 4. The highest BCUT2D eigenvalue weighted by molar-refractivity contribution is 7.20. The van der Waals surface area contributed by atoms with Crippen molar-refractivity contribution >= 4 is 90.5 Å². The number of aryl methyl sites for hydroxylation is 1. The van der Waals surface area contributed by atoms with E-state index in [0.717, 1.165) is 46.6 Å². The molecule has 0 saturated heterocycles. The number of benzene rings is 14. The van der Waals surface area contributed by atoms with Gasteiger partial charge in [-0.3, -0.25) is 13.7 Å². The summed E-state index contributed by atoms with van der Waals surface area (Å²) in [5.74, 6) is 0.545. The molecule has 7 heteroatoms. The first kappa shape index (κ1) is 35.0. The Balaban J connectivity index is 0.961. The summed E-state index contributed by atoms with van der Waals surface area (Å²) in [6.07, 6.45) is 6.72. The van der Waals surface area contributed by atoms with Crippen LogP contribution >= 0.6 is 0 Å². The molecule has 0 bridgehead atoms. The average Bonchev–Trinajstić information content (AvgIpc) is 1.40. The van der Waals surface area contributed by atoms with Crippen molar-refractivity contribution in [1.82, 2.24) is 14.1 Å².